The predicted molar refractivity (Wildman–Crippen MR) is 124 cm³/mol. The smallest absolute Gasteiger partial charge is 0.305 e. The molecule has 1 fully saturated rings. The summed E-state index contributed by atoms with van der Waals surface area (Å²) in [5.74, 6) is -0.224. The predicted octanol–water partition coefficient (Wildman–Crippen LogP) is 4.45. The van der Waals surface area contributed by atoms with Crippen LogP contribution in [0.3, 0.4) is 0 Å². The normalized spacial score (nSPS) is 18.1. The highest BCUT2D eigenvalue weighted by molar-refractivity contribution is 7.80. The van der Waals surface area contributed by atoms with Crippen LogP contribution in [0.1, 0.15) is 36.3 Å². The van der Waals surface area contributed by atoms with Crippen molar-refractivity contribution in [1.29, 1.82) is 0 Å². The van der Waals surface area contributed by atoms with Gasteiger partial charge in [-0.05, 0) is 61.1 Å². The van der Waals surface area contributed by atoms with Gasteiger partial charge < -0.3 is 19.5 Å². The largest absolute Gasteiger partial charge is 0.469 e. The number of thiocarbonyl (C=S) groups is 1. The molecule has 8 heteroatoms. The van der Waals surface area contributed by atoms with Crippen molar-refractivity contribution >= 4 is 34.9 Å². The molecule has 3 heterocycles. The van der Waals surface area contributed by atoms with Gasteiger partial charge in [-0.15, -0.1) is 0 Å². The highest BCUT2D eigenvalue weighted by Crippen LogP contribution is 2.39. The molecule has 1 aliphatic heterocycles. The van der Waals surface area contributed by atoms with Crippen LogP contribution in [0.15, 0.2) is 67.0 Å². The van der Waals surface area contributed by atoms with Crippen LogP contribution in [-0.4, -0.2) is 39.2 Å². The van der Waals surface area contributed by atoms with E-state index in [-0.39, 0.29) is 18.1 Å². The number of nitrogens with zero attached hydrogens (tertiary/aromatic N) is 3. The molecule has 1 saturated heterocycles. The number of aromatic nitrogens is 2. The monoisotopic (exact) mass is 454 g/mol. The number of nitrogens with one attached hydrogen (secondary N) is 1. The van der Waals surface area contributed by atoms with Crippen molar-refractivity contribution in [3.63, 3.8) is 0 Å². The summed E-state index contributed by atoms with van der Waals surface area (Å²) in [6.07, 6.45) is 4.78. The minimum absolute atomic E-state index is 0.103. The molecule has 0 bridgehead atoms. The van der Waals surface area contributed by atoms with E-state index in [0.29, 0.717) is 29.5 Å². The van der Waals surface area contributed by atoms with Crippen LogP contribution in [0.2, 0.25) is 5.02 Å². The van der Waals surface area contributed by atoms with Gasteiger partial charge in [0.05, 0.1) is 24.9 Å². The summed E-state index contributed by atoms with van der Waals surface area (Å²) >= 11 is 11.9. The van der Waals surface area contributed by atoms with Crippen molar-refractivity contribution in [2.75, 3.05) is 13.7 Å². The maximum absolute atomic E-state index is 11.6. The van der Waals surface area contributed by atoms with Gasteiger partial charge in [0.15, 0.2) is 5.11 Å². The van der Waals surface area contributed by atoms with Gasteiger partial charge in [0.2, 0.25) is 0 Å². The lowest BCUT2D eigenvalue weighted by Crippen LogP contribution is -2.31. The van der Waals surface area contributed by atoms with Gasteiger partial charge in [0.1, 0.15) is 0 Å². The minimum Gasteiger partial charge on any atom is -0.469 e. The molecule has 2 aromatic heterocycles. The lowest BCUT2D eigenvalue weighted by atomic mass is 10.0. The summed E-state index contributed by atoms with van der Waals surface area (Å²) in [4.78, 5) is 18.3. The average molecular weight is 455 g/mol. The van der Waals surface area contributed by atoms with Crippen LogP contribution < -0.4 is 5.32 Å². The van der Waals surface area contributed by atoms with E-state index in [9.17, 15) is 4.79 Å². The molecular weight excluding hydrogens is 432 g/mol. The molecule has 31 heavy (non-hydrogen) atoms. The zero-order valence-electron chi connectivity index (χ0n) is 17.1. The average Bonchev–Trinajstić information content (AvgIpc) is 3.39. The summed E-state index contributed by atoms with van der Waals surface area (Å²) in [7, 11) is 1.40. The number of halogens is 1. The van der Waals surface area contributed by atoms with Gasteiger partial charge in [0, 0.05) is 41.8 Å². The number of methoxy groups -OCH3 is 1. The molecule has 4 rings (SSSR count). The summed E-state index contributed by atoms with van der Waals surface area (Å²) in [5.41, 5.74) is 2.94. The maximum Gasteiger partial charge on any atom is 0.305 e. The fourth-order valence-electron chi connectivity index (χ4n) is 3.96. The first-order chi connectivity index (χ1) is 15.1. The van der Waals surface area contributed by atoms with Crippen molar-refractivity contribution in [2.24, 2.45) is 0 Å². The Labute approximate surface area is 191 Å². The molecule has 0 aliphatic carbocycles. The van der Waals surface area contributed by atoms with Crippen molar-refractivity contribution in [3.05, 3.63) is 83.4 Å². The number of ether oxygens (including phenoxy) is 1. The molecule has 6 nitrogen and oxygen atoms in total. The molecule has 0 radical (unpaired) electrons. The van der Waals surface area contributed by atoms with Crippen molar-refractivity contribution < 1.29 is 9.53 Å². The summed E-state index contributed by atoms with van der Waals surface area (Å²) < 4.78 is 6.91. The maximum atomic E-state index is 11.6. The number of hydrogen-bond donors (Lipinski definition) is 1. The summed E-state index contributed by atoms with van der Waals surface area (Å²) in [6, 6.07) is 17.5. The Kier molecular flexibility index (Phi) is 6.53. The molecular formula is C23H23ClN4O2S. The van der Waals surface area contributed by atoms with E-state index in [2.05, 4.69) is 25.8 Å². The lowest BCUT2D eigenvalue weighted by molar-refractivity contribution is -0.140. The third kappa shape index (κ3) is 4.57. The van der Waals surface area contributed by atoms with Crippen LogP contribution in [0.4, 0.5) is 0 Å². The molecule has 1 aromatic carbocycles. The lowest BCUT2D eigenvalue weighted by Gasteiger charge is -2.29. The van der Waals surface area contributed by atoms with E-state index in [1.807, 2.05) is 54.7 Å². The SMILES string of the molecule is COC(=O)CCCN1C(=S)NC(c2ccccn2)C1c1cccn1-c1cccc(Cl)c1. The van der Waals surface area contributed by atoms with Crippen molar-refractivity contribution in [1.82, 2.24) is 19.8 Å². The Bertz CT molecular complexity index is 1070. The number of rotatable bonds is 7. The third-order valence-electron chi connectivity index (χ3n) is 5.38. The van der Waals surface area contributed by atoms with Crippen molar-refractivity contribution in [2.45, 2.75) is 24.9 Å². The van der Waals surface area contributed by atoms with E-state index < -0.39 is 0 Å². The first-order valence-corrected chi connectivity index (χ1v) is 10.8. The Balaban J connectivity index is 1.72. The highest BCUT2D eigenvalue weighted by Gasteiger charge is 2.41. The van der Waals surface area contributed by atoms with Gasteiger partial charge in [-0.2, -0.15) is 0 Å². The van der Waals surface area contributed by atoms with Crippen LogP contribution >= 0.6 is 23.8 Å². The van der Waals surface area contributed by atoms with Gasteiger partial charge >= 0.3 is 5.97 Å². The molecule has 1 aliphatic rings. The van der Waals surface area contributed by atoms with E-state index in [0.717, 1.165) is 17.1 Å². The van der Waals surface area contributed by atoms with Crippen LogP contribution in [-0.2, 0) is 9.53 Å². The van der Waals surface area contributed by atoms with E-state index >= 15 is 0 Å². The van der Waals surface area contributed by atoms with Gasteiger partial charge in [-0.25, -0.2) is 0 Å². The Morgan fingerprint density at radius 1 is 1.23 bits per heavy atom. The molecule has 2 atom stereocenters. The van der Waals surface area contributed by atoms with Crippen LogP contribution in [0.5, 0.6) is 0 Å². The van der Waals surface area contributed by atoms with E-state index in [1.165, 1.54) is 7.11 Å². The molecule has 1 N–H and O–H groups in total. The molecule has 0 spiro atoms. The summed E-state index contributed by atoms with van der Waals surface area (Å²) in [6.45, 7) is 0.621. The number of hydrogen-bond acceptors (Lipinski definition) is 4. The first-order valence-electron chi connectivity index (χ1n) is 10.1. The minimum atomic E-state index is -0.224. The second-order valence-corrected chi connectivity index (χ2v) is 8.11. The second-order valence-electron chi connectivity index (χ2n) is 7.28. The molecule has 2 unspecified atom stereocenters. The standard InChI is InChI=1S/C23H23ClN4O2S/c1-30-20(29)11-6-14-28-22(21(26-23(28)31)18-9-2-3-12-25-18)19-10-5-13-27(19)17-8-4-7-16(24)15-17/h2-5,7-10,12-13,15,21-22H,6,11,14H2,1H3,(H,26,31). The number of carbonyl (C=O) groups excluding carboxylic acids is 1. The Hall–Kier alpha value is -2.90. The van der Waals surface area contributed by atoms with Crippen molar-refractivity contribution in [3.8, 4) is 5.69 Å². The molecule has 0 amide bonds. The Morgan fingerprint density at radius 3 is 2.84 bits per heavy atom. The second kappa shape index (κ2) is 9.49. The number of esters is 1. The fourth-order valence-corrected chi connectivity index (χ4v) is 4.48. The number of benzene rings is 1. The van der Waals surface area contributed by atoms with Gasteiger partial charge in [-0.1, -0.05) is 23.7 Å². The zero-order valence-corrected chi connectivity index (χ0v) is 18.6. The zero-order chi connectivity index (χ0) is 21.8. The topological polar surface area (TPSA) is 59.4 Å². The fraction of sp³-hybridized carbons (Fsp3) is 0.261. The molecule has 160 valence electrons. The third-order valence-corrected chi connectivity index (χ3v) is 5.96. The van der Waals surface area contributed by atoms with Gasteiger partial charge in [0.25, 0.3) is 0 Å². The quantitative estimate of drug-likeness (QED) is 0.420. The van der Waals surface area contributed by atoms with Crippen LogP contribution in [0.25, 0.3) is 5.69 Å². The van der Waals surface area contributed by atoms with E-state index in [1.54, 1.807) is 6.20 Å². The van der Waals surface area contributed by atoms with E-state index in [4.69, 9.17) is 28.6 Å². The number of pyridine rings is 1. The Morgan fingerprint density at radius 2 is 2.10 bits per heavy atom. The summed E-state index contributed by atoms with van der Waals surface area (Å²) in [5, 5.41) is 4.76. The molecule has 3 aromatic rings. The first kappa shape index (κ1) is 21.3. The van der Waals surface area contributed by atoms with Crippen LogP contribution in [0, 0.1) is 0 Å². The number of carbonyl (C=O) groups is 1. The molecule has 0 saturated carbocycles. The highest BCUT2D eigenvalue weighted by atomic mass is 35.5. The van der Waals surface area contributed by atoms with Gasteiger partial charge in [-0.3, -0.25) is 9.78 Å².